The Morgan fingerprint density at radius 2 is 2.16 bits per heavy atom. The van der Waals surface area contributed by atoms with Gasteiger partial charge in [0.05, 0.1) is 5.69 Å². The van der Waals surface area contributed by atoms with E-state index in [1.54, 1.807) is 11.3 Å². The van der Waals surface area contributed by atoms with E-state index in [-0.39, 0.29) is 5.91 Å². The van der Waals surface area contributed by atoms with Crippen molar-refractivity contribution in [1.29, 1.82) is 0 Å². The Morgan fingerprint density at radius 3 is 2.79 bits per heavy atom. The molecule has 2 rings (SSSR count). The second-order valence-corrected chi connectivity index (χ2v) is 5.70. The Morgan fingerprint density at radius 1 is 1.37 bits per heavy atom. The molecule has 3 nitrogen and oxygen atoms in total. The molecule has 1 heterocycles. The van der Waals surface area contributed by atoms with Gasteiger partial charge in [-0.3, -0.25) is 4.79 Å². The lowest BCUT2D eigenvalue weighted by Crippen LogP contribution is -2.23. The summed E-state index contributed by atoms with van der Waals surface area (Å²) < 4.78 is 0. The van der Waals surface area contributed by atoms with Crippen molar-refractivity contribution >= 4 is 17.2 Å². The summed E-state index contributed by atoms with van der Waals surface area (Å²) in [6.45, 7) is 6.82. The number of nitrogens with zero attached hydrogens (tertiary/aromatic N) is 1. The summed E-state index contributed by atoms with van der Waals surface area (Å²) in [4.78, 5) is 17.7. The van der Waals surface area contributed by atoms with Gasteiger partial charge >= 0.3 is 0 Å². The average molecular weight is 274 g/mol. The fourth-order valence-corrected chi connectivity index (χ4v) is 2.64. The molecule has 4 heteroatoms. The number of aromatic nitrogens is 1. The molecule has 0 unspecified atom stereocenters. The Labute approximate surface area is 117 Å². The summed E-state index contributed by atoms with van der Waals surface area (Å²) in [6, 6.07) is 7.64. The number of hydrogen-bond donors (Lipinski definition) is 1. The molecule has 0 saturated carbocycles. The summed E-state index contributed by atoms with van der Waals surface area (Å²) in [6.07, 6.45) is 0.941. The van der Waals surface area contributed by atoms with E-state index in [4.69, 9.17) is 0 Å². The highest BCUT2D eigenvalue weighted by Gasteiger charge is 2.09. The van der Waals surface area contributed by atoms with Crippen LogP contribution in [0.1, 0.15) is 34.3 Å². The van der Waals surface area contributed by atoms with Gasteiger partial charge in [-0.15, -0.1) is 11.3 Å². The van der Waals surface area contributed by atoms with Gasteiger partial charge in [-0.1, -0.05) is 19.1 Å². The van der Waals surface area contributed by atoms with Crippen LogP contribution in [0.2, 0.25) is 0 Å². The number of carbonyl (C=O) groups excluding carboxylic acids is 1. The van der Waals surface area contributed by atoms with Crippen LogP contribution in [0.5, 0.6) is 0 Å². The van der Waals surface area contributed by atoms with E-state index >= 15 is 0 Å². The zero-order chi connectivity index (χ0) is 13.8. The van der Waals surface area contributed by atoms with Crippen LogP contribution in [0, 0.1) is 13.8 Å². The van der Waals surface area contributed by atoms with E-state index in [0.29, 0.717) is 12.1 Å². The predicted octanol–water partition coefficient (Wildman–Crippen LogP) is 3.57. The molecule has 0 fully saturated rings. The first-order chi connectivity index (χ1) is 9.11. The molecule has 0 spiro atoms. The first-order valence-electron chi connectivity index (χ1n) is 6.44. The minimum Gasteiger partial charge on any atom is -0.352 e. The predicted molar refractivity (Wildman–Crippen MR) is 79.6 cm³/mol. The van der Waals surface area contributed by atoms with Crippen molar-refractivity contribution in [2.45, 2.75) is 27.2 Å². The van der Waals surface area contributed by atoms with Crippen molar-refractivity contribution in [1.82, 2.24) is 10.3 Å². The van der Waals surface area contributed by atoms with Gasteiger partial charge in [0, 0.05) is 22.5 Å². The molecular formula is C15H18N2OS. The van der Waals surface area contributed by atoms with E-state index in [2.05, 4.69) is 17.2 Å². The van der Waals surface area contributed by atoms with Crippen molar-refractivity contribution in [2.75, 3.05) is 6.54 Å². The van der Waals surface area contributed by atoms with E-state index in [0.717, 1.165) is 22.7 Å². The van der Waals surface area contributed by atoms with Crippen molar-refractivity contribution in [3.63, 3.8) is 0 Å². The van der Waals surface area contributed by atoms with E-state index in [9.17, 15) is 4.79 Å². The topological polar surface area (TPSA) is 42.0 Å². The zero-order valence-electron chi connectivity index (χ0n) is 11.5. The minimum atomic E-state index is -0.0197. The lowest BCUT2D eigenvalue weighted by atomic mass is 10.1. The maximum atomic E-state index is 11.9. The van der Waals surface area contributed by atoms with Crippen LogP contribution >= 0.6 is 11.3 Å². The first-order valence-corrected chi connectivity index (χ1v) is 7.26. The van der Waals surface area contributed by atoms with Gasteiger partial charge in [-0.25, -0.2) is 4.98 Å². The third-order valence-electron chi connectivity index (χ3n) is 2.94. The second kappa shape index (κ2) is 5.97. The number of carbonyl (C=O) groups is 1. The van der Waals surface area contributed by atoms with Gasteiger partial charge in [-0.2, -0.15) is 0 Å². The fraction of sp³-hybridized carbons (Fsp3) is 0.333. The number of amides is 1. The lowest BCUT2D eigenvalue weighted by Gasteiger charge is -2.04. The zero-order valence-corrected chi connectivity index (χ0v) is 12.3. The Bertz CT molecular complexity index is 570. The third kappa shape index (κ3) is 3.20. The normalized spacial score (nSPS) is 10.5. The van der Waals surface area contributed by atoms with Crippen LogP contribution in [0.25, 0.3) is 10.6 Å². The van der Waals surface area contributed by atoms with Crippen molar-refractivity contribution in [3.05, 3.63) is 40.4 Å². The summed E-state index contributed by atoms with van der Waals surface area (Å²) in [7, 11) is 0. The monoisotopic (exact) mass is 274 g/mol. The standard InChI is InChI=1S/C15H18N2OS/c1-4-8-16-14(18)12-6-5-7-13(9-12)15-17-10(2)11(3)19-15/h5-7,9H,4,8H2,1-3H3,(H,16,18). The number of hydrogen-bond acceptors (Lipinski definition) is 3. The molecule has 100 valence electrons. The maximum absolute atomic E-state index is 11.9. The average Bonchev–Trinajstić information content (AvgIpc) is 2.76. The molecule has 0 radical (unpaired) electrons. The van der Waals surface area contributed by atoms with Crippen LogP contribution < -0.4 is 5.32 Å². The Balaban J connectivity index is 2.26. The van der Waals surface area contributed by atoms with Crippen molar-refractivity contribution < 1.29 is 4.79 Å². The van der Waals surface area contributed by atoms with Crippen LogP contribution in [-0.2, 0) is 0 Å². The second-order valence-electron chi connectivity index (χ2n) is 4.50. The highest BCUT2D eigenvalue weighted by Crippen LogP contribution is 2.27. The Kier molecular flexibility index (Phi) is 4.32. The molecule has 1 N–H and O–H groups in total. The number of thiazole rings is 1. The molecule has 1 amide bonds. The number of nitrogens with one attached hydrogen (secondary N) is 1. The summed E-state index contributed by atoms with van der Waals surface area (Å²) in [5, 5.41) is 3.86. The maximum Gasteiger partial charge on any atom is 0.251 e. The van der Waals surface area contributed by atoms with Crippen LogP contribution in [0.15, 0.2) is 24.3 Å². The number of benzene rings is 1. The SMILES string of the molecule is CCCNC(=O)c1cccc(-c2nc(C)c(C)s2)c1. The third-order valence-corrected chi connectivity index (χ3v) is 4.06. The van der Waals surface area contributed by atoms with Crippen molar-refractivity contribution in [3.8, 4) is 10.6 Å². The fourth-order valence-electron chi connectivity index (χ4n) is 1.73. The molecule has 1 aromatic heterocycles. The smallest absolute Gasteiger partial charge is 0.251 e. The molecule has 2 aromatic rings. The molecule has 0 saturated heterocycles. The molecule has 19 heavy (non-hydrogen) atoms. The summed E-state index contributed by atoms with van der Waals surface area (Å²) >= 11 is 1.66. The van der Waals surface area contributed by atoms with Gasteiger partial charge in [-0.05, 0) is 32.4 Å². The van der Waals surface area contributed by atoms with Gasteiger partial charge in [0.25, 0.3) is 5.91 Å². The lowest BCUT2D eigenvalue weighted by molar-refractivity contribution is 0.0953. The summed E-state index contributed by atoms with van der Waals surface area (Å²) in [5.74, 6) is -0.0197. The van der Waals surface area contributed by atoms with Gasteiger partial charge in [0.2, 0.25) is 0 Å². The van der Waals surface area contributed by atoms with E-state index in [1.165, 1.54) is 4.88 Å². The van der Waals surface area contributed by atoms with Crippen LogP contribution in [0.3, 0.4) is 0 Å². The quantitative estimate of drug-likeness (QED) is 0.926. The van der Waals surface area contributed by atoms with Crippen LogP contribution in [-0.4, -0.2) is 17.4 Å². The number of aryl methyl sites for hydroxylation is 2. The Hall–Kier alpha value is -1.68. The van der Waals surface area contributed by atoms with Crippen molar-refractivity contribution in [2.24, 2.45) is 0 Å². The van der Waals surface area contributed by atoms with E-state index in [1.807, 2.05) is 38.1 Å². The van der Waals surface area contributed by atoms with Gasteiger partial charge in [0.15, 0.2) is 0 Å². The van der Waals surface area contributed by atoms with Crippen LogP contribution in [0.4, 0.5) is 0 Å². The highest BCUT2D eigenvalue weighted by atomic mass is 32.1. The van der Waals surface area contributed by atoms with E-state index < -0.39 is 0 Å². The molecule has 0 aliphatic heterocycles. The first kappa shape index (κ1) is 13.7. The van der Waals surface area contributed by atoms with Gasteiger partial charge < -0.3 is 5.32 Å². The highest BCUT2D eigenvalue weighted by molar-refractivity contribution is 7.15. The largest absolute Gasteiger partial charge is 0.352 e. The summed E-state index contributed by atoms with van der Waals surface area (Å²) in [5.41, 5.74) is 2.75. The molecule has 1 aromatic carbocycles. The molecule has 0 aliphatic carbocycles. The molecule has 0 bridgehead atoms. The number of rotatable bonds is 4. The molecule has 0 atom stereocenters. The molecule has 0 aliphatic rings. The van der Waals surface area contributed by atoms with Gasteiger partial charge in [0.1, 0.15) is 5.01 Å². The minimum absolute atomic E-state index is 0.0197. The molecular weight excluding hydrogens is 256 g/mol.